The molecule has 0 aliphatic carbocycles. The van der Waals surface area contributed by atoms with Gasteiger partial charge in [0.15, 0.2) is 0 Å². The van der Waals surface area contributed by atoms with Gasteiger partial charge < -0.3 is 5.32 Å². The highest BCUT2D eigenvalue weighted by atomic mass is 32.2. The van der Waals surface area contributed by atoms with Gasteiger partial charge in [-0.3, -0.25) is 4.90 Å². The van der Waals surface area contributed by atoms with Gasteiger partial charge in [0.2, 0.25) is 0 Å². The molecule has 14 heavy (non-hydrogen) atoms. The van der Waals surface area contributed by atoms with Gasteiger partial charge in [-0.1, -0.05) is 6.92 Å². The highest BCUT2D eigenvalue weighted by Gasteiger charge is 2.26. The van der Waals surface area contributed by atoms with Crippen molar-refractivity contribution in [2.24, 2.45) is 0 Å². The Morgan fingerprint density at radius 1 is 1.50 bits per heavy atom. The Bertz CT molecular complexity index is 169. The molecule has 0 bridgehead atoms. The maximum absolute atomic E-state index is 3.52. The topological polar surface area (TPSA) is 15.3 Å². The van der Waals surface area contributed by atoms with Gasteiger partial charge in [-0.15, -0.1) is 0 Å². The van der Waals surface area contributed by atoms with Gasteiger partial charge in [-0.25, -0.2) is 0 Å². The molecule has 2 atom stereocenters. The van der Waals surface area contributed by atoms with Gasteiger partial charge in [0.05, 0.1) is 0 Å². The van der Waals surface area contributed by atoms with Crippen LogP contribution in [-0.2, 0) is 0 Å². The van der Waals surface area contributed by atoms with E-state index in [2.05, 4.69) is 28.9 Å². The van der Waals surface area contributed by atoms with E-state index in [0.717, 1.165) is 11.3 Å². The minimum Gasteiger partial charge on any atom is -0.315 e. The van der Waals surface area contributed by atoms with Crippen molar-refractivity contribution >= 4 is 11.8 Å². The molecule has 2 nitrogen and oxygen atoms in total. The van der Waals surface area contributed by atoms with Crippen molar-refractivity contribution in [2.75, 3.05) is 31.9 Å². The zero-order valence-electron chi connectivity index (χ0n) is 9.17. The summed E-state index contributed by atoms with van der Waals surface area (Å²) in [5.41, 5.74) is 0. The van der Waals surface area contributed by atoms with E-state index in [-0.39, 0.29) is 0 Å². The van der Waals surface area contributed by atoms with Gasteiger partial charge >= 0.3 is 0 Å². The number of hydrogen-bond acceptors (Lipinski definition) is 3. The molecule has 3 heteroatoms. The lowest BCUT2D eigenvalue weighted by molar-refractivity contribution is 0.170. The lowest BCUT2D eigenvalue weighted by Gasteiger charge is -2.39. The highest BCUT2D eigenvalue weighted by Crippen LogP contribution is 2.24. The molecule has 0 aromatic heterocycles. The molecule has 0 saturated carbocycles. The summed E-state index contributed by atoms with van der Waals surface area (Å²) in [6, 6.07) is 0.832. The second-order valence-corrected chi connectivity index (χ2v) is 5.80. The second-order valence-electron chi connectivity index (χ2n) is 4.40. The number of piperidine rings is 1. The molecule has 2 fully saturated rings. The van der Waals surface area contributed by atoms with Crippen LogP contribution in [0.5, 0.6) is 0 Å². The van der Waals surface area contributed by atoms with Crippen molar-refractivity contribution in [3.63, 3.8) is 0 Å². The third-order valence-corrected chi connectivity index (χ3v) is 4.78. The molecule has 2 aliphatic heterocycles. The first kappa shape index (κ1) is 10.8. The van der Waals surface area contributed by atoms with E-state index in [4.69, 9.17) is 0 Å². The van der Waals surface area contributed by atoms with Crippen LogP contribution in [0.2, 0.25) is 0 Å². The van der Waals surface area contributed by atoms with Gasteiger partial charge in [-0.2, -0.15) is 11.8 Å². The first-order chi connectivity index (χ1) is 6.90. The molecule has 0 spiro atoms. The van der Waals surface area contributed by atoms with Gasteiger partial charge in [0, 0.05) is 36.7 Å². The molecule has 0 aromatic rings. The molecule has 2 heterocycles. The highest BCUT2D eigenvalue weighted by molar-refractivity contribution is 8.00. The Labute approximate surface area is 91.8 Å². The van der Waals surface area contributed by atoms with Crippen molar-refractivity contribution in [3.8, 4) is 0 Å². The summed E-state index contributed by atoms with van der Waals surface area (Å²) in [4.78, 5) is 2.72. The Morgan fingerprint density at radius 2 is 2.43 bits per heavy atom. The SMILES string of the molecule is CCC1CN(C2CCCNC2)CCS1. The summed E-state index contributed by atoms with van der Waals surface area (Å²) in [5.74, 6) is 1.34. The van der Waals surface area contributed by atoms with E-state index in [0.29, 0.717) is 0 Å². The van der Waals surface area contributed by atoms with E-state index in [9.17, 15) is 0 Å². The van der Waals surface area contributed by atoms with Crippen LogP contribution < -0.4 is 5.32 Å². The number of hydrogen-bond donors (Lipinski definition) is 1. The normalized spacial score (nSPS) is 35.8. The lowest BCUT2D eigenvalue weighted by atomic mass is 10.1. The Kier molecular flexibility index (Phi) is 4.14. The van der Waals surface area contributed by atoms with Crippen LogP contribution in [0.3, 0.4) is 0 Å². The van der Waals surface area contributed by atoms with Crippen molar-refractivity contribution < 1.29 is 0 Å². The Morgan fingerprint density at radius 3 is 3.14 bits per heavy atom. The fraction of sp³-hybridized carbons (Fsp3) is 1.00. The number of thioether (sulfide) groups is 1. The Hall–Kier alpha value is 0.270. The third kappa shape index (κ3) is 2.65. The van der Waals surface area contributed by atoms with E-state index < -0.39 is 0 Å². The van der Waals surface area contributed by atoms with Crippen LogP contribution in [0.4, 0.5) is 0 Å². The van der Waals surface area contributed by atoms with Crippen LogP contribution in [-0.4, -0.2) is 48.1 Å². The summed E-state index contributed by atoms with van der Waals surface area (Å²) in [6.07, 6.45) is 4.11. The molecule has 0 amide bonds. The Balaban J connectivity index is 1.83. The van der Waals surface area contributed by atoms with Crippen LogP contribution >= 0.6 is 11.8 Å². The summed E-state index contributed by atoms with van der Waals surface area (Å²) in [5, 5.41) is 4.41. The average Bonchev–Trinajstić information content (AvgIpc) is 2.30. The van der Waals surface area contributed by atoms with E-state index in [1.807, 2.05) is 0 Å². The number of rotatable bonds is 2. The van der Waals surface area contributed by atoms with Gasteiger partial charge in [0.1, 0.15) is 0 Å². The van der Waals surface area contributed by atoms with Crippen LogP contribution in [0, 0.1) is 0 Å². The average molecular weight is 214 g/mol. The second kappa shape index (κ2) is 5.38. The summed E-state index contributed by atoms with van der Waals surface area (Å²) < 4.78 is 0. The van der Waals surface area contributed by atoms with Crippen molar-refractivity contribution in [2.45, 2.75) is 37.5 Å². The zero-order valence-corrected chi connectivity index (χ0v) is 9.98. The predicted octanol–water partition coefficient (Wildman–Crippen LogP) is 1.57. The molecular formula is C11H22N2S. The van der Waals surface area contributed by atoms with Crippen LogP contribution in [0.1, 0.15) is 26.2 Å². The molecule has 0 radical (unpaired) electrons. The van der Waals surface area contributed by atoms with Gasteiger partial charge in [0.25, 0.3) is 0 Å². The maximum Gasteiger partial charge on any atom is 0.0221 e. The zero-order chi connectivity index (χ0) is 9.80. The molecule has 0 aromatic carbocycles. The van der Waals surface area contributed by atoms with Crippen LogP contribution in [0.15, 0.2) is 0 Å². The molecule has 2 rings (SSSR count). The molecule has 82 valence electrons. The largest absolute Gasteiger partial charge is 0.315 e. The fourth-order valence-corrected chi connectivity index (χ4v) is 3.67. The quantitative estimate of drug-likeness (QED) is 0.751. The van der Waals surface area contributed by atoms with Gasteiger partial charge in [-0.05, 0) is 25.8 Å². The molecule has 1 N–H and O–H groups in total. The van der Waals surface area contributed by atoms with Crippen molar-refractivity contribution in [1.82, 2.24) is 10.2 Å². The lowest BCUT2D eigenvalue weighted by Crippen LogP contribution is -2.50. The van der Waals surface area contributed by atoms with Crippen LogP contribution in [0.25, 0.3) is 0 Å². The number of nitrogens with zero attached hydrogens (tertiary/aromatic N) is 1. The van der Waals surface area contributed by atoms with Crippen molar-refractivity contribution in [1.29, 1.82) is 0 Å². The molecule has 2 saturated heterocycles. The maximum atomic E-state index is 3.52. The summed E-state index contributed by atoms with van der Waals surface area (Å²) in [7, 11) is 0. The third-order valence-electron chi connectivity index (χ3n) is 3.41. The van der Waals surface area contributed by atoms with E-state index in [1.54, 1.807) is 0 Å². The van der Waals surface area contributed by atoms with Crippen molar-refractivity contribution in [3.05, 3.63) is 0 Å². The predicted molar refractivity (Wildman–Crippen MR) is 64.0 cm³/mol. The summed E-state index contributed by atoms with van der Waals surface area (Å²) in [6.45, 7) is 7.42. The molecular weight excluding hydrogens is 192 g/mol. The first-order valence-corrected chi connectivity index (χ1v) is 7.01. The van der Waals surface area contributed by atoms with E-state index >= 15 is 0 Å². The molecule has 2 aliphatic rings. The van der Waals surface area contributed by atoms with E-state index in [1.165, 1.54) is 51.2 Å². The minimum absolute atomic E-state index is 0.832. The first-order valence-electron chi connectivity index (χ1n) is 5.96. The molecule has 2 unspecified atom stereocenters. The smallest absolute Gasteiger partial charge is 0.0221 e. The number of nitrogens with one attached hydrogen (secondary N) is 1. The standard InChI is InChI=1S/C11H22N2S/c1-2-11-9-13(6-7-14-11)10-4-3-5-12-8-10/h10-12H,2-9H2,1H3. The minimum atomic E-state index is 0.832. The summed E-state index contributed by atoms with van der Waals surface area (Å²) >= 11 is 2.17. The fourth-order valence-electron chi connectivity index (χ4n) is 2.47. The monoisotopic (exact) mass is 214 g/mol.